The summed E-state index contributed by atoms with van der Waals surface area (Å²) in [6.07, 6.45) is 5.45. The average Bonchev–Trinajstić information content (AvgIpc) is 2.77. The minimum atomic E-state index is -0.632. The molecule has 0 aliphatic heterocycles. The van der Waals surface area contributed by atoms with Gasteiger partial charge in [0.2, 0.25) is 5.91 Å². The van der Waals surface area contributed by atoms with Gasteiger partial charge >= 0.3 is 0 Å². The first-order chi connectivity index (χ1) is 15.3. The van der Waals surface area contributed by atoms with Gasteiger partial charge in [-0.05, 0) is 55.7 Å². The number of rotatable bonds is 8. The Morgan fingerprint density at radius 3 is 2.53 bits per heavy atom. The first-order valence-electron chi connectivity index (χ1n) is 10.8. The van der Waals surface area contributed by atoms with Crippen molar-refractivity contribution in [3.8, 4) is 5.75 Å². The van der Waals surface area contributed by atoms with Crippen LogP contribution in [-0.2, 0) is 16.1 Å². The molecule has 0 unspecified atom stereocenters. The van der Waals surface area contributed by atoms with Crippen molar-refractivity contribution in [3.63, 3.8) is 0 Å². The molecule has 5 nitrogen and oxygen atoms in total. The smallest absolute Gasteiger partial charge is 0.261 e. The summed E-state index contributed by atoms with van der Waals surface area (Å²) >= 11 is 13.0. The lowest BCUT2D eigenvalue weighted by molar-refractivity contribution is -0.142. The van der Waals surface area contributed by atoms with E-state index in [9.17, 15) is 9.59 Å². The van der Waals surface area contributed by atoms with Gasteiger partial charge in [-0.1, -0.05) is 74.9 Å². The van der Waals surface area contributed by atoms with Crippen LogP contribution in [0.1, 0.15) is 44.6 Å². The summed E-state index contributed by atoms with van der Waals surface area (Å²) in [5.41, 5.74) is 0.923. The quantitative estimate of drug-likeness (QED) is 0.406. The van der Waals surface area contributed by atoms with Crippen LogP contribution in [0.3, 0.4) is 0 Å². The fraction of sp³-hybridized carbons (Fsp3) is 0.417. The van der Waals surface area contributed by atoms with Gasteiger partial charge in [-0.2, -0.15) is 0 Å². The van der Waals surface area contributed by atoms with Gasteiger partial charge in [-0.25, -0.2) is 0 Å². The molecule has 0 radical (unpaired) electrons. The minimum Gasteiger partial charge on any atom is -0.482 e. The first kappa shape index (κ1) is 25.1. The number of nitrogens with zero attached hydrogens (tertiary/aromatic N) is 1. The van der Waals surface area contributed by atoms with Crippen LogP contribution in [0.5, 0.6) is 5.75 Å². The molecule has 0 aromatic heterocycles. The van der Waals surface area contributed by atoms with Crippen LogP contribution in [0, 0.1) is 0 Å². The van der Waals surface area contributed by atoms with E-state index in [1.54, 1.807) is 30.0 Å². The van der Waals surface area contributed by atoms with Gasteiger partial charge in [0.15, 0.2) is 6.61 Å². The van der Waals surface area contributed by atoms with E-state index < -0.39 is 6.04 Å². The third-order valence-electron chi connectivity index (χ3n) is 5.61. The molecule has 3 rings (SSSR count). The van der Waals surface area contributed by atoms with Gasteiger partial charge in [-0.15, -0.1) is 0 Å². The number of amides is 2. The second kappa shape index (κ2) is 12.1. The highest BCUT2D eigenvalue weighted by molar-refractivity contribution is 9.10. The molecule has 2 amide bonds. The van der Waals surface area contributed by atoms with Gasteiger partial charge in [-0.3, -0.25) is 9.59 Å². The molecule has 1 saturated carbocycles. The predicted molar refractivity (Wildman–Crippen MR) is 134 cm³/mol. The summed E-state index contributed by atoms with van der Waals surface area (Å²) in [5.74, 6) is 0.00195. The number of carbonyl (C=O) groups excluding carboxylic acids is 2. The summed E-state index contributed by atoms with van der Waals surface area (Å²) in [7, 11) is 0. The molecule has 0 saturated heterocycles. The SMILES string of the molecule is C[C@@H](C(=O)NC1CCCCC1)N(Cc1cccc(Br)c1)C(=O)COc1ccc(Br)cc1Cl. The van der Waals surface area contributed by atoms with Gasteiger partial charge in [0.1, 0.15) is 11.8 Å². The molecule has 0 bridgehead atoms. The highest BCUT2D eigenvalue weighted by Crippen LogP contribution is 2.28. The van der Waals surface area contributed by atoms with Gasteiger partial charge < -0.3 is 15.0 Å². The Labute approximate surface area is 211 Å². The number of ether oxygens (including phenoxy) is 1. The highest BCUT2D eigenvalue weighted by atomic mass is 79.9. The fourth-order valence-corrected chi connectivity index (χ4v) is 4.97. The fourth-order valence-electron chi connectivity index (χ4n) is 3.80. The summed E-state index contributed by atoms with van der Waals surface area (Å²) in [4.78, 5) is 27.7. The van der Waals surface area contributed by atoms with E-state index in [4.69, 9.17) is 16.3 Å². The standard InChI is InChI=1S/C24H27Br2ClN2O3/c1-16(24(31)28-20-8-3-2-4-9-20)29(14-17-6-5-7-18(25)12-17)23(30)15-32-22-11-10-19(26)13-21(22)27/h5-7,10-13,16,20H,2-4,8-9,14-15H2,1H3,(H,28,31)/t16-/m0/s1. The largest absolute Gasteiger partial charge is 0.482 e. The monoisotopic (exact) mass is 584 g/mol. The molecule has 172 valence electrons. The van der Waals surface area contributed by atoms with Crippen LogP contribution in [0.25, 0.3) is 0 Å². The van der Waals surface area contributed by atoms with Crippen molar-refractivity contribution in [1.82, 2.24) is 10.2 Å². The topological polar surface area (TPSA) is 58.6 Å². The van der Waals surface area contributed by atoms with E-state index in [-0.39, 0.29) is 24.5 Å². The Kier molecular flexibility index (Phi) is 9.44. The average molecular weight is 587 g/mol. The third kappa shape index (κ3) is 7.22. The van der Waals surface area contributed by atoms with Gasteiger partial charge in [0, 0.05) is 21.5 Å². The second-order valence-corrected chi connectivity index (χ2v) is 10.3. The van der Waals surface area contributed by atoms with E-state index in [2.05, 4.69) is 37.2 Å². The molecule has 2 aromatic rings. The van der Waals surface area contributed by atoms with E-state index in [1.807, 2.05) is 24.3 Å². The molecule has 8 heteroatoms. The molecule has 32 heavy (non-hydrogen) atoms. The Hall–Kier alpha value is -1.57. The second-order valence-electron chi connectivity index (χ2n) is 8.03. The van der Waals surface area contributed by atoms with Crippen LogP contribution in [0.15, 0.2) is 51.4 Å². The molecular weight excluding hydrogens is 560 g/mol. The first-order valence-corrected chi connectivity index (χ1v) is 12.7. The lowest BCUT2D eigenvalue weighted by atomic mass is 9.95. The van der Waals surface area contributed by atoms with Crippen LogP contribution in [0.4, 0.5) is 0 Å². The minimum absolute atomic E-state index is 0.137. The molecule has 1 N–H and O–H groups in total. The number of benzene rings is 2. The Balaban J connectivity index is 1.72. The van der Waals surface area contributed by atoms with Crippen LogP contribution in [-0.4, -0.2) is 35.4 Å². The van der Waals surface area contributed by atoms with Crippen LogP contribution in [0.2, 0.25) is 5.02 Å². The molecule has 0 spiro atoms. The summed E-state index contributed by atoms with van der Waals surface area (Å²) in [6.45, 7) is 1.85. The molecular formula is C24H27Br2ClN2O3. The molecule has 1 fully saturated rings. The van der Waals surface area contributed by atoms with Crippen molar-refractivity contribution in [1.29, 1.82) is 0 Å². The van der Waals surface area contributed by atoms with Crippen LogP contribution < -0.4 is 10.1 Å². The molecule has 1 aliphatic carbocycles. The van der Waals surface area contributed by atoms with Crippen molar-refractivity contribution >= 4 is 55.3 Å². The Bertz CT molecular complexity index is 951. The van der Waals surface area contributed by atoms with Crippen molar-refractivity contribution in [3.05, 3.63) is 62.0 Å². The molecule has 1 atom stereocenters. The number of halogens is 3. The van der Waals surface area contributed by atoms with E-state index >= 15 is 0 Å². The highest BCUT2D eigenvalue weighted by Gasteiger charge is 2.28. The number of hydrogen-bond acceptors (Lipinski definition) is 3. The predicted octanol–water partition coefficient (Wildman–Crippen LogP) is 6.11. The zero-order chi connectivity index (χ0) is 23.1. The summed E-state index contributed by atoms with van der Waals surface area (Å²) < 4.78 is 7.43. The summed E-state index contributed by atoms with van der Waals surface area (Å²) in [6, 6.07) is 12.5. The van der Waals surface area contributed by atoms with Crippen LogP contribution >= 0.6 is 43.5 Å². The van der Waals surface area contributed by atoms with Crippen molar-refractivity contribution in [2.24, 2.45) is 0 Å². The zero-order valence-corrected chi connectivity index (χ0v) is 21.9. The van der Waals surface area contributed by atoms with Gasteiger partial charge in [0.05, 0.1) is 5.02 Å². The van der Waals surface area contributed by atoms with Gasteiger partial charge in [0.25, 0.3) is 5.91 Å². The number of carbonyl (C=O) groups is 2. The maximum Gasteiger partial charge on any atom is 0.261 e. The van der Waals surface area contributed by atoms with Crippen molar-refractivity contribution in [2.75, 3.05) is 6.61 Å². The third-order valence-corrected chi connectivity index (χ3v) is 6.89. The Morgan fingerprint density at radius 2 is 1.84 bits per heavy atom. The summed E-state index contributed by atoms with van der Waals surface area (Å²) in [5, 5.41) is 3.54. The zero-order valence-electron chi connectivity index (χ0n) is 18.0. The van der Waals surface area contributed by atoms with E-state index in [0.717, 1.165) is 40.2 Å². The molecule has 2 aromatic carbocycles. The maximum absolute atomic E-state index is 13.2. The van der Waals surface area contributed by atoms with Crippen molar-refractivity contribution < 1.29 is 14.3 Å². The van der Waals surface area contributed by atoms with Crippen molar-refractivity contribution in [2.45, 2.75) is 57.7 Å². The number of hydrogen-bond donors (Lipinski definition) is 1. The molecule has 1 aliphatic rings. The lowest BCUT2D eigenvalue weighted by Gasteiger charge is -2.31. The van der Waals surface area contributed by atoms with E-state index in [1.165, 1.54) is 6.42 Å². The number of nitrogens with one attached hydrogen (secondary N) is 1. The lowest BCUT2D eigenvalue weighted by Crippen LogP contribution is -2.51. The normalized spacial score (nSPS) is 15.1. The maximum atomic E-state index is 13.2. The van der Waals surface area contributed by atoms with E-state index in [0.29, 0.717) is 17.3 Å². The molecule has 0 heterocycles. The Morgan fingerprint density at radius 1 is 1.12 bits per heavy atom.